The van der Waals surface area contributed by atoms with E-state index in [0.717, 1.165) is 77.4 Å². The first-order valence-corrected chi connectivity index (χ1v) is 10.1. The number of morpholine rings is 1. The van der Waals surface area contributed by atoms with E-state index in [1.807, 2.05) is 0 Å². The number of aliphatic hydroxyl groups is 1. The van der Waals surface area contributed by atoms with Gasteiger partial charge in [-0.2, -0.15) is 0 Å². The van der Waals surface area contributed by atoms with E-state index >= 15 is 0 Å². The lowest BCUT2D eigenvalue weighted by Crippen LogP contribution is -2.48. The van der Waals surface area contributed by atoms with Crippen molar-refractivity contribution in [2.45, 2.75) is 38.7 Å². The average molecular weight is 340 g/mol. The minimum atomic E-state index is -0.194. The molecule has 3 rings (SSSR count). The summed E-state index contributed by atoms with van der Waals surface area (Å²) in [4.78, 5) is 7.52. The lowest BCUT2D eigenvalue weighted by molar-refractivity contribution is 0.0151. The molecule has 2 atom stereocenters. The zero-order valence-electron chi connectivity index (χ0n) is 15.5. The van der Waals surface area contributed by atoms with Crippen LogP contribution in [0.2, 0.25) is 0 Å². The fraction of sp³-hybridized carbons (Fsp3) is 1.00. The third-order valence-electron chi connectivity index (χ3n) is 6.04. The number of hydrogen-bond donors (Lipinski definition) is 1. The van der Waals surface area contributed by atoms with Gasteiger partial charge in [-0.1, -0.05) is 6.92 Å². The smallest absolute Gasteiger partial charge is 0.0793 e. The van der Waals surface area contributed by atoms with Crippen molar-refractivity contribution >= 4 is 0 Å². The van der Waals surface area contributed by atoms with Crippen molar-refractivity contribution < 1.29 is 9.84 Å². The summed E-state index contributed by atoms with van der Waals surface area (Å²) in [5, 5.41) is 10.5. The first-order chi connectivity index (χ1) is 11.7. The molecule has 0 aromatic rings. The lowest BCUT2D eigenvalue weighted by atomic mass is 9.96. The van der Waals surface area contributed by atoms with Crippen LogP contribution in [0.5, 0.6) is 0 Å². The monoisotopic (exact) mass is 339 g/mol. The van der Waals surface area contributed by atoms with Crippen molar-refractivity contribution in [2.75, 3.05) is 72.1 Å². The van der Waals surface area contributed by atoms with Crippen LogP contribution in [-0.2, 0) is 4.74 Å². The van der Waals surface area contributed by atoms with Gasteiger partial charge >= 0.3 is 0 Å². The molecule has 0 aromatic carbocycles. The Labute approximate surface area is 147 Å². The van der Waals surface area contributed by atoms with E-state index in [2.05, 4.69) is 21.6 Å². The van der Waals surface area contributed by atoms with Gasteiger partial charge in [-0.05, 0) is 57.2 Å². The summed E-state index contributed by atoms with van der Waals surface area (Å²) >= 11 is 0. The molecule has 3 fully saturated rings. The molecule has 2 unspecified atom stereocenters. The first-order valence-electron chi connectivity index (χ1n) is 10.1. The average Bonchev–Trinajstić information content (AvgIpc) is 2.58. The molecular formula is C19H37N3O2. The normalized spacial score (nSPS) is 30.5. The van der Waals surface area contributed by atoms with Crippen LogP contribution in [-0.4, -0.2) is 98.0 Å². The fourth-order valence-electron chi connectivity index (χ4n) is 4.51. The van der Waals surface area contributed by atoms with Gasteiger partial charge in [-0.15, -0.1) is 0 Å². The van der Waals surface area contributed by atoms with Crippen molar-refractivity contribution in [1.82, 2.24) is 14.7 Å². The van der Waals surface area contributed by atoms with Gasteiger partial charge in [0, 0.05) is 39.3 Å². The molecule has 24 heavy (non-hydrogen) atoms. The highest BCUT2D eigenvalue weighted by molar-refractivity contribution is 4.80. The van der Waals surface area contributed by atoms with Crippen molar-refractivity contribution in [3.8, 4) is 0 Å². The molecule has 3 heterocycles. The molecule has 3 aliphatic rings. The van der Waals surface area contributed by atoms with Gasteiger partial charge in [0.25, 0.3) is 0 Å². The first kappa shape index (κ1) is 18.6. The molecule has 0 spiro atoms. The van der Waals surface area contributed by atoms with E-state index in [1.54, 1.807) is 0 Å². The van der Waals surface area contributed by atoms with Crippen LogP contribution in [0.1, 0.15) is 32.6 Å². The van der Waals surface area contributed by atoms with Gasteiger partial charge in [0.05, 0.1) is 19.3 Å². The molecule has 0 aromatic heterocycles. The van der Waals surface area contributed by atoms with E-state index in [0.29, 0.717) is 0 Å². The highest BCUT2D eigenvalue weighted by atomic mass is 16.5. The van der Waals surface area contributed by atoms with Gasteiger partial charge in [0.2, 0.25) is 0 Å². The second-order valence-electron chi connectivity index (χ2n) is 8.32. The highest BCUT2D eigenvalue weighted by Crippen LogP contribution is 2.19. The van der Waals surface area contributed by atoms with Crippen LogP contribution in [0.3, 0.4) is 0 Å². The maximum Gasteiger partial charge on any atom is 0.0793 e. The van der Waals surface area contributed by atoms with E-state index in [-0.39, 0.29) is 6.10 Å². The van der Waals surface area contributed by atoms with Crippen molar-refractivity contribution in [3.05, 3.63) is 0 Å². The van der Waals surface area contributed by atoms with Crippen LogP contribution in [0, 0.1) is 11.8 Å². The SMILES string of the molecule is CC1CCN(CC(O)CN2CCCC(CN3CCOCC3)C2)CC1. The van der Waals surface area contributed by atoms with Gasteiger partial charge < -0.3 is 19.6 Å². The van der Waals surface area contributed by atoms with Crippen LogP contribution >= 0.6 is 0 Å². The van der Waals surface area contributed by atoms with Gasteiger partial charge in [0.15, 0.2) is 0 Å². The Morgan fingerprint density at radius 1 is 0.917 bits per heavy atom. The number of piperidine rings is 2. The number of β-amino-alcohol motifs (C(OH)–C–C–N with tert-alkyl or cyclic N) is 1. The molecule has 0 aliphatic carbocycles. The molecule has 3 saturated heterocycles. The summed E-state index contributed by atoms with van der Waals surface area (Å²) in [6.45, 7) is 13.9. The minimum Gasteiger partial charge on any atom is -0.390 e. The number of rotatable bonds is 6. The Morgan fingerprint density at radius 2 is 1.62 bits per heavy atom. The van der Waals surface area contributed by atoms with Crippen LogP contribution < -0.4 is 0 Å². The summed E-state index contributed by atoms with van der Waals surface area (Å²) in [5.74, 6) is 1.63. The van der Waals surface area contributed by atoms with Crippen LogP contribution in [0.4, 0.5) is 0 Å². The molecule has 140 valence electrons. The predicted octanol–water partition coefficient (Wildman–Crippen LogP) is 1.12. The second kappa shape index (κ2) is 9.48. The van der Waals surface area contributed by atoms with Gasteiger partial charge in [-0.25, -0.2) is 0 Å². The number of ether oxygens (including phenoxy) is 1. The zero-order chi connectivity index (χ0) is 16.8. The third-order valence-corrected chi connectivity index (χ3v) is 6.04. The molecule has 5 nitrogen and oxygen atoms in total. The van der Waals surface area contributed by atoms with Crippen molar-refractivity contribution in [1.29, 1.82) is 0 Å². The third kappa shape index (κ3) is 5.95. The molecule has 0 bridgehead atoms. The quantitative estimate of drug-likeness (QED) is 0.785. The van der Waals surface area contributed by atoms with Gasteiger partial charge in [0.1, 0.15) is 0 Å². The highest BCUT2D eigenvalue weighted by Gasteiger charge is 2.25. The standard InChI is InChI=1S/C19H37N3O2/c1-17-4-7-20(8-5-17)15-19(23)16-22-6-2-3-18(14-22)13-21-9-11-24-12-10-21/h17-19,23H,2-16H2,1H3. The Kier molecular flexibility index (Phi) is 7.35. The molecule has 5 heteroatoms. The lowest BCUT2D eigenvalue weighted by Gasteiger charge is -2.38. The van der Waals surface area contributed by atoms with E-state index in [1.165, 1.54) is 32.2 Å². The minimum absolute atomic E-state index is 0.194. The second-order valence-corrected chi connectivity index (χ2v) is 8.32. The number of nitrogens with zero attached hydrogens (tertiary/aromatic N) is 3. The summed E-state index contributed by atoms with van der Waals surface area (Å²) in [6.07, 6.45) is 5.01. The molecule has 0 amide bonds. The van der Waals surface area contributed by atoms with E-state index < -0.39 is 0 Å². The summed E-state index contributed by atoms with van der Waals surface area (Å²) in [6, 6.07) is 0. The molecule has 0 radical (unpaired) electrons. The number of hydrogen-bond acceptors (Lipinski definition) is 5. The molecular weight excluding hydrogens is 302 g/mol. The van der Waals surface area contributed by atoms with E-state index in [4.69, 9.17) is 4.74 Å². The Hall–Kier alpha value is -0.200. The Bertz CT molecular complexity index is 355. The summed E-state index contributed by atoms with van der Waals surface area (Å²) in [5.41, 5.74) is 0. The van der Waals surface area contributed by atoms with E-state index in [9.17, 15) is 5.11 Å². The Balaban J connectivity index is 1.36. The largest absolute Gasteiger partial charge is 0.390 e. The molecule has 3 aliphatic heterocycles. The Morgan fingerprint density at radius 3 is 2.38 bits per heavy atom. The molecule has 0 saturated carbocycles. The topological polar surface area (TPSA) is 39.2 Å². The van der Waals surface area contributed by atoms with Crippen molar-refractivity contribution in [3.63, 3.8) is 0 Å². The number of aliphatic hydroxyl groups excluding tert-OH is 1. The maximum absolute atomic E-state index is 10.5. The van der Waals surface area contributed by atoms with Crippen LogP contribution in [0.15, 0.2) is 0 Å². The van der Waals surface area contributed by atoms with Crippen LogP contribution in [0.25, 0.3) is 0 Å². The summed E-state index contributed by atoms with van der Waals surface area (Å²) in [7, 11) is 0. The number of likely N-dealkylation sites (tertiary alicyclic amines) is 2. The predicted molar refractivity (Wildman–Crippen MR) is 97.3 cm³/mol. The van der Waals surface area contributed by atoms with Gasteiger partial charge in [-0.3, -0.25) is 4.90 Å². The fourth-order valence-corrected chi connectivity index (χ4v) is 4.51. The zero-order valence-corrected chi connectivity index (χ0v) is 15.5. The molecule has 1 N–H and O–H groups in total. The maximum atomic E-state index is 10.5. The van der Waals surface area contributed by atoms with Crippen molar-refractivity contribution in [2.24, 2.45) is 11.8 Å². The summed E-state index contributed by atoms with van der Waals surface area (Å²) < 4.78 is 5.45.